The van der Waals surface area contributed by atoms with Crippen molar-refractivity contribution in [1.29, 1.82) is 0 Å². The number of rotatable bonds is 2. The molecule has 0 saturated heterocycles. The molecule has 0 atom stereocenters. The lowest BCUT2D eigenvalue weighted by Gasteiger charge is -2.24. The summed E-state index contributed by atoms with van der Waals surface area (Å²) in [5.41, 5.74) is 14.8. The van der Waals surface area contributed by atoms with Gasteiger partial charge in [0.2, 0.25) is 0 Å². The van der Waals surface area contributed by atoms with Crippen molar-refractivity contribution < 1.29 is 0 Å². The Bertz CT molecular complexity index is 2550. The first kappa shape index (κ1) is 25.8. The van der Waals surface area contributed by atoms with E-state index in [2.05, 4.69) is 118 Å². The van der Waals surface area contributed by atoms with Crippen molar-refractivity contribution in [3.8, 4) is 44.8 Å². The van der Waals surface area contributed by atoms with Crippen molar-refractivity contribution in [2.75, 3.05) is 0 Å². The normalized spacial score (nSPS) is 15.1. The number of benzene rings is 5. The monoisotopic (exact) mass is 586 g/mol. The molecule has 46 heavy (non-hydrogen) atoms. The van der Waals surface area contributed by atoms with Crippen molar-refractivity contribution in [1.82, 2.24) is 9.97 Å². The highest BCUT2D eigenvalue weighted by Crippen LogP contribution is 2.58. The van der Waals surface area contributed by atoms with Gasteiger partial charge in [0.25, 0.3) is 0 Å². The van der Waals surface area contributed by atoms with Crippen molar-refractivity contribution in [3.05, 3.63) is 144 Å². The molecule has 0 bridgehead atoms. The summed E-state index contributed by atoms with van der Waals surface area (Å²) in [7, 11) is 0. The van der Waals surface area contributed by atoms with E-state index in [0.717, 1.165) is 27.9 Å². The fraction of sp³-hybridized carbons (Fsp3) is 0.136. The number of hydrogen-bond donors (Lipinski definition) is 0. The highest BCUT2D eigenvalue weighted by atomic mass is 14.8. The molecule has 2 heteroatoms. The first-order chi connectivity index (χ1) is 22.3. The maximum Gasteiger partial charge on any atom is 0.0886 e. The lowest BCUT2D eigenvalue weighted by Crippen LogP contribution is -2.17. The van der Waals surface area contributed by atoms with E-state index in [1.165, 1.54) is 71.4 Å². The summed E-state index contributed by atoms with van der Waals surface area (Å²) in [4.78, 5) is 9.25. The first-order valence-electron chi connectivity index (χ1n) is 16.1. The summed E-state index contributed by atoms with van der Waals surface area (Å²) >= 11 is 0. The molecular weight excluding hydrogens is 556 g/mol. The zero-order valence-corrected chi connectivity index (χ0v) is 26.3. The Balaban J connectivity index is 1.21. The third kappa shape index (κ3) is 3.18. The molecule has 8 aromatic rings. The van der Waals surface area contributed by atoms with E-state index in [1.807, 2.05) is 30.5 Å². The van der Waals surface area contributed by atoms with E-state index in [9.17, 15) is 0 Å². The molecule has 2 aliphatic rings. The van der Waals surface area contributed by atoms with Gasteiger partial charge >= 0.3 is 0 Å². The predicted molar refractivity (Wildman–Crippen MR) is 189 cm³/mol. The average Bonchev–Trinajstić information content (AvgIpc) is 3.45. The van der Waals surface area contributed by atoms with E-state index in [0.29, 0.717) is 0 Å². The summed E-state index contributed by atoms with van der Waals surface area (Å²) < 4.78 is 0. The van der Waals surface area contributed by atoms with Gasteiger partial charge in [-0.05, 0) is 115 Å². The van der Waals surface area contributed by atoms with Crippen LogP contribution in [0.25, 0.3) is 77.1 Å². The topological polar surface area (TPSA) is 25.8 Å². The van der Waals surface area contributed by atoms with Crippen LogP contribution < -0.4 is 0 Å². The minimum atomic E-state index is -0.113. The maximum absolute atomic E-state index is 4.78. The number of hydrogen-bond acceptors (Lipinski definition) is 2. The molecule has 0 fully saturated rings. The van der Waals surface area contributed by atoms with Crippen molar-refractivity contribution in [2.24, 2.45) is 0 Å². The second kappa shape index (κ2) is 8.59. The fourth-order valence-corrected chi connectivity index (χ4v) is 8.57. The third-order valence-electron chi connectivity index (χ3n) is 10.9. The Morgan fingerprint density at radius 1 is 0.543 bits per heavy atom. The van der Waals surface area contributed by atoms with Gasteiger partial charge in [-0.15, -0.1) is 0 Å². The van der Waals surface area contributed by atoms with E-state index in [4.69, 9.17) is 4.98 Å². The van der Waals surface area contributed by atoms with Crippen LogP contribution in [0.2, 0.25) is 0 Å². The molecule has 0 N–H and O–H groups in total. The molecule has 216 valence electrons. The Morgan fingerprint density at radius 2 is 1.30 bits per heavy atom. The average molecular weight is 587 g/mol. The zero-order chi connectivity index (χ0) is 30.9. The highest BCUT2D eigenvalue weighted by Gasteiger charge is 2.42. The SMILES string of the molecule is CC1(C)c2ccccc2-c2cc3c(cc21)-c1c(cc2ccc4c(-c5ccc(-c6ccccn6)nc5)c#cc5ccc1c2c54)C3(C)C. The number of fused-ring (bicyclic) bond motifs is 7. The van der Waals surface area contributed by atoms with Gasteiger partial charge < -0.3 is 0 Å². The minimum absolute atomic E-state index is 0.0442. The molecule has 0 saturated carbocycles. The van der Waals surface area contributed by atoms with Gasteiger partial charge in [-0.2, -0.15) is 0 Å². The highest BCUT2D eigenvalue weighted by molar-refractivity contribution is 6.28. The van der Waals surface area contributed by atoms with Gasteiger partial charge in [0.15, 0.2) is 0 Å². The van der Waals surface area contributed by atoms with Crippen LogP contribution in [0.1, 0.15) is 49.9 Å². The summed E-state index contributed by atoms with van der Waals surface area (Å²) in [5.74, 6) is 0. The molecule has 2 heterocycles. The van der Waals surface area contributed by atoms with Crippen LogP contribution in [0.4, 0.5) is 0 Å². The molecule has 2 aliphatic carbocycles. The van der Waals surface area contributed by atoms with E-state index < -0.39 is 0 Å². The molecule has 0 spiro atoms. The van der Waals surface area contributed by atoms with Crippen LogP contribution >= 0.6 is 0 Å². The summed E-state index contributed by atoms with van der Waals surface area (Å²) in [6.45, 7) is 9.55. The molecular formula is C44H30N2. The Morgan fingerprint density at radius 3 is 2.13 bits per heavy atom. The van der Waals surface area contributed by atoms with Crippen molar-refractivity contribution in [2.45, 2.75) is 38.5 Å². The molecule has 10 rings (SSSR count). The smallest absolute Gasteiger partial charge is 0.0886 e. The van der Waals surface area contributed by atoms with Crippen LogP contribution in [0.15, 0.2) is 109 Å². The number of nitrogens with zero attached hydrogens (tertiary/aromatic N) is 2. The zero-order valence-electron chi connectivity index (χ0n) is 26.3. The molecule has 0 unspecified atom stereocenters. The lowest BCUT2D eigenvalue weighted by molar-refractivity contribution is 0.652. The first-order valence-corrected chi connectivity index (χ1v) is 16.1. The molecule has 0 aliphatic heterocycles. The summed E-state index contributed by atoms with van der Waals surface area (Å²) in [5, 5.41) is 7.44. The largest absolute Gasteiger partial charge is 0.255 e. The van der Waals surface area contributed by atoms with E-state index in [1.54, 1.807) is 6.20 Å². The van der Waals surface area contributed by atoms with Crippen LogP contribution in [0, 0.1) is 12.1 Å². The quantitative estimate of drug-likeness (QED) is 0.201. The molecule has 0 amide bonds. The summed E-state index contributed by atoms with van der Waals surface area (Å²) in [6, 6.07) is 42.7. The van der Waals surface area contributed by atoms with Gasteiger partial charge in [0.05, 0.1) is 11.4 Å². The van der Waals surface area contributed by atoms with Crippen molar-refractivity contribution >= 4 is 32.3 Å². The predicted octanol–water partition coefficient (Wildman–Crippen LogP) is 10.9. The molecule has 2 aromatic heterocycles. The fourth-order valence-electron chi connectivity index (χ4n) is 8.57. The lowest BCUT2D eigenvalue weighted by atomic mass is 9.79. The number of aromatic nitrogens is 2. The van der Waals surface area contributed by atoms with Gasteiger partial charge in [0.1, 0.15) is 0 Å². The van der Waals surface area contributed by atoms with Gasteiger partial charge in [-0.3, -0.25) is 9.97 Å². The van der Waals surface area contributed by atoms with E-state index >= 15 is 0 Å². The minimum Gasteiger partial charge on any atom is -0.255 e. The Hall–Kier alpha value is -5.52. The maximum atomic E-state index is 4.78. The van der Waals surface area contributed by atoms with Crippen LogP contribution in [0.3, 0.4) is 0 Å². The van der Waals surface area contributed by atoms with Crippen LogP contribution in [0.5, 0.6) is 0 Å². The van der Waals surface area contributed by atoms with Crippen molar-refractivity contribution in [3.63, 3.8) is 0 Å². The van der Waals surface area contributed by atoms with Gasteiger partial charge in [-0.1, -0.05) is 88.4 Å². The van der Waals surface area contributed by atoms with E-state index in [-0.39, 0.29) is 10.8 Å². The molecule has 2 nitrogen and oxygen atoms in total. The van der Waals surface area contributed by atoms with Crippen LogP contribution in [-0.2, 0) is 10.8 Å². The number of pyridine rings is 2. The Kier molecular flexibility index (Phi) is 4.81. The van der Waals surface area contributed by atoms with Crippen LogP contribution in [-0.4, -0.2) is 9.97 Å². The second-order valence-corrected chi connectivity index (χ2v) is 14.1. The van der Waals surface area contributed by atoms with Gasteiger partial charge in [0, 0.05) is 45.1 Å². The second-order valence-electron chi connectivity index (χ2n) is 14.1. The van der Waals surface area contributed by atoms with Gasteiger partial charge in [-0.25, -0.2) is 0 Å². The molecule has 6 aromatic carbocycles. The Labute approximate surface area is 268 Å². The molecule has 0 radical (unpaired) electrons. The standard InChI is InChI=1S/C44H30N2/c1-43(2)34-10-6-5-9-29(34)32-22-36-33(23-35(32)43)42-31-18-13-25-12-16-28(27-15-19-39(46-24-27)38-11-7-8-20-45-38)30-17-14-26(41(31)40(25)30)21-37(42)44(36,3)4/h5-11,13-15,17-24H,1-4H3. The summed E-state index contributed by atoms with van der Waals surface area (Å²) in [6.07, 6.45) is 3.75. The third-order valence-corrected chi connectivity index (χ3v) is 10.9.